The number of halogens is 1. The second kappa shape index (κ2) is 7.80. The highest BCUT2D eigenvalue weighted by Crippen LogP contribution is 2.51. The topological polar surface area (TPSA) is 90.6 Å². The van der Waals surface area contributed by atoms with Crippen LogP contribution in [0.3, 0.4) is 0 Å². The van der Waals surface area contributed by atoms with Crippen molar-refractivity contribution in [3.63, 3.8) is 0 Å². The lowest BCUT2D eigenvalue weighted by molar-refractivity contribution is -0.149. The monoisotopic (exact) mass is 440 g/mol. The molecule has 0 aromatic heterocycles. The average molecular weight is 441 g/mol. The van der Waals surface area contributed by atoms with E-state index in [1.165, 1.54) is 23.8 Å². The molecule has 30 heavy (non-hydrogen) atoms. The lowest BCUT2D eigenvalue weighted by atomic mass is 9.85. The highest BCUT2D eigenvalue weighted by molar-refractivity contribution is 8.03. The summed E-state index contributed by atoms with van der Waals surface area (Å²) in [6.07, 6.45) is 0.0421. The first kappa shape index (κ1) is 20.5. The van der Waals surface area contributed by atoms with Gasteiger partial charge >= 0.3 is 5.97 Å². The van der Waals surface area contributed by atoms with E-state index in [0.717, 1.165) is 5.56 Å². The number of carbonyl (C=O) groups is 2. The summed E-state index contributed by atoms with van der Waals surface area (Å²) in [7, 11) is 1.31. The standard InChI is InChI=1S/C22H17ClN2O4S/c1-29-21(27)14-4-2-13(3-5-14)17-10-19(26)25-20(18(17)11-24)30-12-22(25,28)15-6-8-16(23)9-7-15/h2-9,17,28H,10,12H2,1H3. The van der Waals surface area contributed by atoms with Crippen LogP contribution in [0.4, 0.5) is 0 Å². The van der Waals surface area contributed by atoms with Crippen molar-refractivity contribution in [1.29, 1.82) is 5.26 Å². The highest BCUT2D eigenvalue weighted by atomic mass is 35.5. The van der Waals surface area contributed by atoms with Crippen LogP contribution >= 0.6 is 23.4 Å². The minimum atomic E-state index is -1.54. The van der Waals surface area contributed by atoms with Gasteiger partial charge in [-0.05, 0) is 29.8 Å². The molecule has 2 heterocycles. The number of carbonyl (C=O) groups excluding carboxylic acids is 2. The van der Waals surface area contributed by atoms with Crippen molar-refractivity contribution < 1.29 is 19.4 Å². The quantitative estimate of drug-likeness (QED) is 0.730. The number of esters is 1. The summed E-state index contributed by atoms with van der Waals surface area (Å²) in [6, 6.07) is 15.6. The van der Waals surface area contributed by atoms with Crippen molar-refractivity contribution >= 4 is 35.2 Å². The Morgan fingerprint density at radius 2 is 1.93 bits per heavy atom. The van der Waals surface area contributed by atoms with E-state index in [1.54, 1.807) is 48.5 Å². The van der Waals surface area contributed by atoms with E-state index in [0.29, 0.717) is 26.8 Å². The number of methoxy groups -OCH3 is 1. The van der Waals surface area contributed by atoms with Crippen molar-refractivity contribution in [2.75, 3.05) is 12.9 Å². The number of nitrogens with zero attached hydrogens (tertiary/aromatic N) is 2. The Bertz CT molecular complexity index is 1090. The molecule has 0 radical (unpaired) electrons. The Morgan fingerprint density at radius 3 is 2.53 bits per heavy atom. The third-order valence-electron chi connectivity index (χ3n) is 5.35. The van der Waals surface area contributed by atoms with E-state index < -0.39 is 17.6 Å². The molecule has 152 valence electrons. The van der Waals surface area contributed by atoms with Gasteiger partial charge in [0.2, 0.25) is 5.91 Å². The first-order valence-electron chi connectivity index (χ1n) is 9.16. The molecular weight excluding hydrogens is 424 g/mol. The lowest BCUT2D eigenvalue weighted by Crippen LogP contribution is -2.48. The maximum atomic E-state index is 13.1. The van der Waals surface area contributed by atoms with Crippen LogP contribution in [0.25, 0.3) is 0 Å². The first-order valence-corrected chi connectivity index (χ1v) is 10.5. The van der Waals surface area contributed by atoms with Crippen molar-refractivity contribution in [3.8, 4) is 6.07 Å². The first-order chi connectivity index (χ1) is 14.4. The number of ether oxygens (including phenoxy) is 1. The number of amides is 1. The Morgan fingerprint density at radius 1 is 1.27 bits per heavy atom. The molecule has 0 saturated carbocycles. The summed E-state index contributed by atoms with van der Waals surface area (Å²) in [5.74, 6) is -0.950. The molecular formula is C22H17ClN2O4S. The van der Waals surface area contributed by atoms with Crippen LogP contribution in [-0.2, 0) is 15.3 Å². The van der Waals surface area contributed by atoms with Gasteiger partial charge in [0, 0.05) is 22.9 Å². The number of aliphatic hydroxyl groups is 1. The number of fused-ring (bicyclic) bond motifs is 1. The Kier molecular flexibility index (Phi) is 5.33. The smallest absolute Gasteiger partial charge is 0.337 e. The summed E-state index contributed by atoms with van der Waals surface area (Å²) in [5.41, 5.74) is 0.575. The molecule has 1 N–H and O–H groups in total. The van der Waals surface area contributed by atoms with Crippen LogP contribution in [-0.4, -0.2) is 34.7 Å². The van der Waals surface area contributed by atoms with E-state index in [-0.39, 0.29) is 18.1 Å². The largest absolute Gasteiger partial charge is 0.465 e. The number of rotatable bonds is 3. The van der Waals surface area contributed by atoms with Gasteiger partial charge in [0.05, 0.1) is 35.1 Å². The van der Waals surface area contributed by atoms with Gasteiger partial charge in [-0.25, -0.2) is 4.79 Å². The fourth-order valence-electron chi connectivity index (χ4n) is 3.81. The molecule has 2 aliphatic rings. The average Bonchev–Trinajstić information content (AvgIpc) is 3.12. The highest BCUT2D eigenvalue weighted by Gasteiger charge is 2.51. The van der Waals surface area contributed by atoms with Crippen LogP contribution in [0.2, 0.25) is 5.02 Å². The predicted octanol–water partition coefficient (Wildman–Crippen LogP) is 3.77. The molecule has 6 nitrogen and oxygen atoms in total. The third kappa shape index (κ3) is 3.27. The van der Waals surface area contributed by atoms with E-state index in [4.69, 9.17) is 16.3 Å². The van der Waals surface area contributed by atoms with Crippen molar-refractivity contribution in [2.45, 2.75) is 18.1 Å². The van der Waals surface area contributed by atoms with Crippen LogP contribution < -0.4 is 0 Å². The Balaban J connectivity index is 1.73. The SMILES string of the molecule is COC(=O)c1ccc(C2CC(=O)N3C(=C2C#N)SCC3(O)c2ccc(Cl)cc2)cc1. The zero-order valence-electron chi connectivity index (χ0n) is 16.0. The van der Waals surface area contributed by atoms with Crippen molar-refractivity contribution in [2.24, 2.45) is 0 Å². The third-order valence-corrected chi connectivity index (χ3v) is 6.83. The van der Waals surface area contributed by atoms with Gasteiger partial charge in [-0.3, -0.25) is 9.69 Å². The molecule has 2 atom stereocenters. The lowest BCUT2D eigenvalue weighted by Gasteiger charge is -2.38. The summed E-state index contributed by atoms with van der Waals surface area (Å²) < 4.78 is 4.71. The number of benzene rings is 2. The van der Waals surface area contributed by atoms with Crippen LogP contribution in [0.15, 0.2) is 59.1 Å². The van der Waals surface area contributed by atoms with Gasteiger partial charge in [-0.15, -0.1) is 11.8 Å². The van der Waals surface area contributed by atoms with E-state index in [2.05, 4.69) is 6.07 Å². The Hall–Kier alpha value is -2.79. The minimum Gasteiger partial charge on any atom is -0.465 e. The molecule has 2 aromatic carbocycles. The molecule has 1 saturated heterocycles. The van der Waals surface area contributed by atoms with E-state index in [1.807, 2.05) is 0 Å². The molecule has 0 bridgehead atoms. The number of nitriles is 1. The molecule has 4 rings (SSSR count). The fourth-order valence-corrected chi connectivity index (χ4v) is 5.29. The van der Waals surface area contributed by atoms with Gasteiger partial charge in [0.25, 0.3) is 0 Å². The van der Waals surface area contributed by atoms with Crippen molar-refractivity contribution in [3.05, 3.63) is 80.8 Å². The molecule has 2 aromatic rings. The molecule has 8 heteroatoms. The summed E-state index contributed by atoms with van der Waals surface area (Å²) in [4.78, 5) is 26.1. The van der Waals surface area contributed by atoms with Gasteiger partial charge in [-0.2, -0.15) is 5.26 Å². The van der Waals surface area contributed by atoms with Crippen molar-refractivity contribution in [1.82, 2.24) is 4.90 Å². The van der Waals surface area contributed by atoms with Gasteiger partial charge in [0.15, 0.2) is 5.72 Å². The molecule has 2 aliphatic heterocycles. The second-order valence-electron chi connectivity index (χ2n) is 7.04. The number of hydrogen-bond acceptors (Lipinski definition) is 6. The summed E-state index contributed by atoms with van der Waals surface area (Å²) in [6.45, 7) is 0. The molecule has 1 amide bonds. The summed E-state index contributed by atoms with van der Waals surface area (Å²) >= 11 is 7.24. The zero-order valence-corrected chi connectivity index (χ0v) is 17.5. The number of hydrogen-bond donors (Lipinski definition) is 1. The van der Waals surface area contributed by atoms with Crippen LogP contribution in [0, 0.1) is 11.3 Å². The van der Waals surface area contributed by atoms with Crippen LogP contribution in [0.5, 0.6) is 0 Å². The zero-order chi connectivity index (χ0) is 21.5. The van der Waals surface area contributed by atoms with Gasteiger partial charge in [-0.1, -0.05) is 35.9 Å². The maximum Gasteiger partial charge on any atom is 0.337 e. The molecule has 0 aliphatic carbocycles. The van der Waals surface area contributed by atoms with Gasteiger partial charge in [0.1, 0.15) is 0 Å². The second-order valence-corrected chi connectivity index (χ2v) is 8.44. The molecule has 2 unspecified atom stereocenters. The predicted molar refractivity (Wildman–Crippen MR) is 112 cm³/mol. The van der Waals surface area contributed by atoms with Crippen LogP contribution in [0.1, 0.15) is 33.8 Å². The molecule has 1 fully saturated rings. The maximum absolute atomic E-state index is 13.1. The molecule has 0 spiro atoms. The van der Waals surface area contributed by atoms with E-state index in [9.17, 15) is 20.0 Å². The normalized spacial score (nSPS) is 23.2. The number of thioether (sulfide) groups is 1. The Labute approximate surface area is 182 Å². The van der Waals surface area contributed by atoms with E-state index >= 15 is 0 Å². The van der Waals surface area contributed by atoms with Gasteiger partial charge < -0.3 is 9.84 Å². The fraction of sp³-hybridized carbons (Fsp3) is 0.227. The number of allylic oxidation sites excluding steroid dienone is 1. The minimum absolute atomic E-state index is 0.0421. The summed E-state index contributed by atoms with van der Waals surface area (Å²) in [5, 5.41) is 22.2.